The predicted octanol–water partition coefficient (Wildman–Crippen LogP) is 2.54. The van der Waals surface area contributed by atoms with Crippen molar-refractivity contribution in [1.82, 2.24) is 10.3 Å². The van der Waals surface area contributed by atoms with Gasteiger partial charge < -0.3 is 15.4 Å². The van der Waals surface area contributed by atoms with Crippen molar-refractivity contribution >= 4 is 26.6 Å². The topological polar surface area (TPSA) is 99.3 Å². The van der Waals surface area contributed by atoms with Crippen molar-refractivity contribution in [3.05, 3.63) is 71.2 Å². The summed E-state index contributed by atoms with van der Waals surface area (Å²) in [6.07, 6.45) is 0.732. The fourth-order valence-electron chi connectivity index (χ4n) is 4.15. The zero-order chi connectivity index (χ0) is 21.3. The van der Waals surface area contributed by atoms with Crippen molar-refractivity contribution in [2.75, 3.05) is 18.1 Å². The fourth-order valence-corrected chi connectivity index (χ4v) is 5.84. The summed E-state index contributed by atoms with van der Waals surface area (Å²) in [4.78, 5) is 15.9. The molecule has 3 aromatic rings. The zero-order valence-electron chi connectivity index (χ0n) is 16.3. The molecule has 1 aliphatic carbocycles. The van der Waals surface area contributed by atoms with Gasteiger partial charge in [-0.3, -0.25) is 4.79 Å². The SMILES string of the molecule is O=C(N[C@@H]1Cc2ccccc2[C@@H]1CS(=O)(=O)CCCO)c1cc2cc(F)ccc2[nH]1. The highest BCUT2D eigenvalue weighted by Crippen LogP contribution is 2.35. The number of amides is 1. The number of carbonyl (C=O) groups excluding carboxylic acids is 1. The Kier molecular flexibility index (Phi) is 5.62. The number of hydrogen-bond donors (Lipinski definition) is 3. The number of benzene rings is 2. The molecule has 0 saturated carbocycles. The number of sulfone groups is 1. The smallest absolute Gasteiger partial charge is 0.267 e. The van der Waals surface area contributed by atoms with E-state index in [1.807, 2.05) is 24.3 Å². The normalized spacial score (nSPS) is 18.5. The van der Waals surface area contributed by atoms with E-state index in [4.69, 9.17) is 5.11 Å². The molecule has 0 radical (unpaired) electrons. The molecule has 1 amide bonds. The number of aliphatic hydroxyl groups is 1. The average molecular weight is 431 g/mol. The van der Waals surface area contributed by atoms with Gasteiger partial charge in [0, 0.05) is 29.5 Å². The van der Waals surface area contributed by atoms with Crippen LogP contribution in [-0.4, -0.2) is 48.6 Å². The first-order valence-electron chi connectivity index (χ1n) is 9.84. The van der Waals surface area contributed by atoms with Gasteiger partial charge in [-0.2, -0.15) is 0 Å². The quantitative estimate of drug-likeness (QED) is 0.536. The molecule has 0 unspecified atom stereocenters. The summed E-state index contributed by atoms with van der Waals surface area (Å²) in [5.41, 5.74) is 2.89. The lowest BCUT2D eigenvalue weighted by atomic mass is 10.0. The number of fused-ring (bicyclic) bond motifs is 2. The van der Waals surface area contributed by atoms with Gasteiger partial charge in [-0.05, 0) is 48.2 Å². The zero-order valence-corrected chi connectivity index (χ0v) is 17.1. The third-order valence-corrected chi connectivity index (χ3v) is 7.35. The summed E-state index contributed by atoms with van der Waals surface area (Å²) in [6.45, 7) is -0.179. The maximum Gasteiger partial charge on any atom is 0.267 e. The summed E-state index contributed by atoms with van der Waals surface area (Å²) < 4.78 is 38.5. The molecular weight excluding hydrogens is 407 g/mol. The van der Waals surface area contributed by atoms with E-state index in [1.165, 1.54) is 12.1 Å². The second-order valence-electron chi connectivity index (χ2n) is 7.70. The molecule has 30 heavy (non-hydrogen) atoms. The molecule has 3 N–H and O–H groups in total. The van der Waals surface area contributed by atoms with Crippen LogP contribution in [0, 0.1) is 5.82 Å². The van der Waals surface area contributed by atoms with Gasteiger partial charge in [0.15, 0.2) is 9.84 Å². The van der Waals surface area contributed by atoms with Gasteiger partial charge in [-0.15, -0.1) is 0 Å². The Hall–Kier alpha value is -2.71. The van der Waals surface area contributed by atoms with Crippen LogP contribution in [0.5, 0.6) is 0 Å². The third-order valence-electron chi connectivity index (χ3n) is 5.57. The Morgan fingerprint density at radius 3 is 2.80 bits per heavy atom. The molecule has 0 spiro atoms. The van der Waals surface area contributed by atoms with Crippen LogP contribution < -0.4 is 5.32 Å². The first-order chi connectivity index (χ1) is 14.4. The van der Waals surface area contributed by atoms with Gasteiger partial charge in [0.25, 0.3) is 5.91 Å². The highest BCUT2D eigenvalue weighted by Gasteiger charge is 2.36. The number of aromatic nitrogens is 1. The molecule has 1 aromatic heterocycles. The molecule has 0 saturated heterocycles. The van der Waals surface area contributed by atoms with E-state index in [2.05, 4.69) is 10.3 Å². The van der Waals surface area contributed by atoms with Crippen molar-refractivity contribution < 1.29 is 22.7 Å². The summed E-state index contributed by atoms with van der Waals surface area (Å²) in [5.74, 6) is -1.28. The molecule has 8 heteroatoms. The first-order valence-corrected chi connectivity index (χ1v) is 11.7. The molecule has 2 atom stereocenters. The van der Waals surface area contributed by atoms with Gasteiger partial charge in [0.2, 0.25) is 0 Å². The number of nitrogens with one attached hydrogen (secondary N) is 2. The van der Waals surface area contributed by atoms with E-state index in [0.717, 1.165) is 11.1 Å². The summed E-state index contributed by atoms with van der Waals surface area (Å²) >= 11 is 0. The van der Waals surface area contributed by atoms with Gasteiger partial charge in [0.1, 0.15) is 11.5 Å². The van der Waals surface area contributed by atoms with Gasteiger partial charge in [0.05, 0.1) is 11.5 Å². The lowest BCUT2D eigenvalue weighted by Gasteiger charge is -2.21. The monoisotopic (exact) mass is 430 g/mol. The van der Waals surface area contributed by atoms with Crippen LogP contribution in [0.3, 0.4) is 0 Å². The van der Waals surface area contributed by atoms with Crippen LogP contribution in [0.4, 0.5) is 4.39 Å². The van der Waals surface area contributed by atoms with Crippen LogP contribution in [0.15, 0.2) is 48.5 Å². The molecule has 0 fully saturated rings. The minimum Gasteiger partial charge on any atom is -0.396 e. The second-order valence-corrected chi connectivity index (χ2v) is 9.92. The minimum atomic E-state index is -3.39. The Labute approximate surface area is 174 Å². The highest BCUT2D eigenvalue weighted by atomic mass is 32.2. The van der Waals surface area contributed by atoms with Crippen molar-refractivity contribution in [2.24, 2.45) is 0 Å². The average Bonchev–Trinajstić information content (AvgIpc) is 3.27. The standard InChI is InChI=1S/C22H23FN2O4S/c23-16-6-7-19-15(10-16)12-21(24-19)22(27)25-20-11-14-4-1-2-5-17(14)18(20)13-30(28,29)9-3-8-26/h1-2,4-7,10,12,18,20,24,26H,3,8-9,11,13H2,(H,25,27)/t18-,20+/m0/s1. The molecule has 0 bridgehead atoms. The van der Waals surface area contributed by atoms with E-state index < -0.39 is 9.84 Å². The Balaban J connectivity index is 1.57. The van der Waals surface area contributed by atoms with Crippen LogP contribution in [0.25, 0.3) is 10.9 Å². The van der Waals surface area contributed by atoms with Crippen LogP contribution >= 0.6 is 0 Å². The summed E-state index contributed by atoms with van der Waals surface area (Å²) in [5, 5.41) is 12.5. The van der Waals surface area contributed by atoms with E-state index in [9.17, 15) is 17.6 Å². The van der Waals surface area contributed by atoms with E-state index in [-0.39, 0.29) is 48.2 Å². The minimum absolute atomic E-state index is 0.0869. The molecule has 1 heterocycles. The van der Waals surface area contributed by atoms with Crippen molar-refractivity contribution in [3.8, 4) is 0 Å². The summed E-state index contributed by atoms with van der Waals surface area (Å²) in [6, 6.07) is 13.1. The van der Waals surface area contributed by atoms with E-state index in [0.29, 0.717) is 23.0 Å². The molecular formula is C22H23FN2O4S. The van der Waals surface area contributed by atoms with E-state index >= 15 is 0 Å². The lowest BCUT2D eigenvalue weighted by molar-refractivity contribution is 0.0930. The number of hydrogen-bond acceptors (Lipinski definition) is 4. The third kappa shape index (κ3) is 4.24. The van der Waals surface area contributed by atoms with Crippen molar-refractivity contribution in [1.29, 1.82) is 0 Å². The molecule has 1 aliphatic rings. The Morgan fingerprint density at radius 2 is 2.00 bits per heavy atom. The summed E-state index contributed by atoms with van der Waals surface area (Å²) in [7, 11) is -3.39. The number of H-pyrrole nitrogens is 1. The Morgan fingerprint density at radius 1 is 1.20 bits per heavy atom. The maximum absolute atomic E-state index is 13.4. The van der Waals surface area contributed by atoms with Gasteiger partial charge in [-0.25, -0.2) is 12.8 Å². The number of aliphatic hydroxyl groups excluding tert-OH is 1. The highest BCUT2D eigenvalue weighted by molar-refractivity contribution is 7.91. The number of carbonyl (C=O) groups is 1. The molecule has 158 valence electrons. The Bertz CT molecular complexity index is 1190. The molecule has 2 aromatic carbocycles. The number of aromatic amines is 1. The maximum atomic E-state index is 13.4. The fraction of sp³-hybridized carbons (Fsp3) is 0.318. The van der Waals surface area contributed by atoms with Gasteiger partial charge >= 0.3 is 0 Å². The lowest BCUT2D eigenvalue weighted by Crippen LogP contribution is -2.40. The molecule has 0 aliphatic heterocycles. The second kappa shape index (κ2) is 8.20. The largest absolute Gasteiger partial charge is 0.396 e. The van der Waals surface area contributed by atoms with Crippen molar-refractivity contribution in [2.45, 2.75) is 24.8 Å². The van der Waals surface area contributed by atoms with Crippen LogP contribution in [0.1, 0.15) is 34.0 Å². The van der Waals surface area contributed by atoms with Crippen molar-refractivity contribution in [3.63, 3.8) is 0 Å². The van der Waals surface area contributed by atoms with Crippen LogP contribution in [0.2, 0.25) is 0 Å². The predicted molar refractivity (Wildman–Crippen MR) is 113 cm³/mol. The van der Waals surface area contributed by atoms with Gasteiger partial charge in [-0.1, -0.05) is 24.3 Å². The molecule has 4 rings (SSSR count). The first kappa shape index (κ1) is 20.6. The van der Waals surface area contributed by atoms with Crippen LogP contribution in [-0.2, 0) is 16.3 Å². The number of rotatable bonds is 7. The number of halogens is 1. The van der Waals surface area contributed by atoms with E-state index in [1.54, 1.807) is 12.1 Å². The molecule has 6 nitrogen and oxygen atoms in total.